The lowest BCUT2D eigenvalue weighted by Gasteiger charge is -2.05. The number of para-hydroxylation sites is 1. The van der Waals surface area contributed by atoms with Gasteiger partial charge in [-0.25, -0.2) is 9.37 Å². The van der Waals surface area contributed by atoms with E-state index in [0.29, 0.717) is 19.4 Å². The van der Waals surface area contributed by atoms with Crippen molar-refractivity contribution in [2.75, 3.05) is 6.61 Å². The Balaban J connectivity index is 1.95. The highest BCUT2D eigenvalue weighted by atomic mass is 32.1. The molecule has 2 rings (SSSR count). The number of ether oxygens (including phenoxy) is 1. The van der Waals surface area contributed by atoms with Gasteiger partial charge < -0.3 is 4.74 Å². The molecule has 0 bridgehead atoms. The number of nitriles is 1. The largest absolute Gasteiger partial charge is 0.490 e. The van der Waals surface area contributed by atoms with Crippen LogP contribution in [-0.4, -0.2) is 11.6 Å². The number of hydrogen-bond donors (Lipinski definition) is 0. The molecule has 2 aromatic rings. The molecule has 1 heterocycles. The minimum atomic E-state index is -0.356. The Hall–Kier alpha value is -1.93. The van der Waals surface area contributed by atoms with Gasteiger partial charge in [-0.15, -0.1) is 11.3 Å². The van der Waals surface area contributed by atoms with Crippen LogP contribution in [0.5, 0.6) is 5.75 Å². The van der Waals surface area contributed by atoms with Crippen molar-refractivity contribution in [3.05, 3.63) is 45.7 Å². The van der Waals surface area contributed by atoms with Gasteiger partial charge in [0.25, 0.3) is 0 Å². The van der Waals surface area contributed by atoms with E-state index in [4.69, 9.17) is 10.00 Å². The second-order valence-corrected chi connectivity index (χ2v) is 5.36. The molecule has 0 saturated carbocycles. The SMILES string of the molecule is CCc1nc(CCOc2ccccc2F)sc1CC#N. The normalized spacial score (nSPS) is 10.2. The molecule has 104 valence electrons. The van der Waals surface area contributed by atoms with Crippen molar-refractivity contribution in [3.8, 4) is 11.8 Å². The first-order valence-electron chi connectivity index (χ1n) is 6.46. The number of aryl methyl sites for hydroxylation is 1. The summed E-state index contributed by atoms with van der Waals surface area (Å²) in [4.78, 5) is 5.52. The number of aromatic nitrogens is 1. The number of benzene rings is 1. The molecule has 0 radical (unpaired) electrons. The summed E-state index contributed by atoms with van der Waals surface area (Å²) in [6, 6.07) is 8.50. The van der Waals surface area contributed by atoms with E-state index in [1.807, 2.05) is 6.92 Å². The fourth-order valence-electron chi connectivity index (χ4n) is 1.84. The number of hydrogen-bond acceptors (Lipinski definition) is 4. The van der Waals surface area contributed by atoms with Gasteiger partial charge in [-0.2, -0.15) is 5.26 Å². The summed E-state index contributed by atoms with van der Waals surface area (Å²) in [5.41, 5.74) is 0.984. The van der Waals surface area contributed by atoms with Crippen LogP contribution in [0.3, 0.4) is 0 Å². The first-order valence-corrected chi connectivity index (χ1v) is 7.28. The average Bonchev–Trinajstić information content (AvgIpc) is 2.84. The maximum atomic E-state index is 13.4. The summed E-state index contributed by atoms with van der Waals surface area (Å²) in [5.74, 6) is -0.0944. The summed E-state index contributed by atoms with van der Waals surface area (Å²) in [5, 5.41) is 9.70. The molecule has 0 unspecified atom stereocenters. The van der Waals surface area contributed by atoms with E-state index in [9.17, 15) is 4.39 Å². The molecule has 0 aliphatic carbocycles. The summed E-state index contributed by atoms with van der Waals surface area (Å²) in [6.45, 7) is 2.40. The molecule has 0 amide bonds. The third-order valence-electron chi connectivity index (χ3n) is 2.81. The van der Waals surface area contributed by atoms with Gasteiger partial charge in [-0.05, 0) is 18.6 Å². The standard InChI is InChI=1S/C15H15FN2OS/c1-2-12-14(7-9-17)20-15(18-12)8-10-19-13-6-4-3-5-11(13)16/h3-6H,2,7-8,10H2,1H3. The van der Waals surface area contributed by atoms with Crippen LogP contribution in [0.25, 0.3) is 0 Å². The van der Waals surface area contributed by atoms with Gasteiger partial charge in [0.2, 0.25) is 0 Å². The number of rotatable bonds is 6. The Morgan fingerprint density at radius 2 is 2.20 bits per heavy atom. The van der Waals surface area contributed by atoms with Crippen molar-refractivity contribution in [1.29, 1.82) is 5.26 Å². The second-order valence-electron chi connectivity index (χ2n) is 4.19. The Kier molecular flexibility index (Phi) is 5.08. The highest BCUT2D eigenvalue weighted by Crippen LogP contribution is 2.21. The molecule has 0 atom stereocenters. The minimum Gasteiger partial charge on any atom is -0.490 e. The van der Waals surface area contributed by atoms with Gasteiger partial charge in [-0.1, -0.05) is 19.1 Å². The molecule has 0 spiro atoms. The van der Waals surface area contributed by atoms with Crippen molar-refractivity contribution in [2.24, 2.45) is 0 Å². The summed E-state index contributed by atoms with van der Waals surface area (Å²) < 4.78 is 18.8. The van der Waals surface area contributed by atoms with E-state index in [1.54, 1.807) is 29.5 Å². The number of halogens is 1. The predicted molar refractivity (Wildman–Crippen MR) is 76.4 cm³/mol. The van der Waals surface area contributed by atoms with Gasteiger partial charge in [0.1, 0.15) is 0 Å². The molecule has 0 aliphatic rings. The molecule has 5 heteroatoms. The third-order valence-corrected chi connectivity index (χ3v) is 3.96. The summed E-state index contributed by atoms with van der Waals surface area (Å²) >= 11 is 1.54. The summed E-state index contributed by atoms with van der Waals surface area (Å²) in [6.07, 6.45) is 1.84. The van der Waals surface area contributed by atoms with Crippen LogP contribution < -0.4 is 4.74 Å². The molecule has 0 saturated heterocycles. The average molecular weight is 290 g/mol. The van der Waals surface area contributed by atoms with Crippen LogP contribution >= 0.6 is 11.3 Å². The van der Waals surface area contributed by atoms with Gasteiger partial charge >= 0.3 is 0 Å². The molecule has 0 N–H and O–H groups in total. The van der Waals surface area contributed by atoms with E-state index >= 15 is 0 Å². The molecule has 20 heavy (non-hydrogen) atoms. The summed E-state index contributed by atoms with van der Waals surface area (Å²) in [7, 11) is 0. The van der Waals surface area contributed by atoms with E-state index in [0.717, 1.165) is 22.0 Å². The molecule has 1 aromatic heterocycles. The second kappa shape index (κ2) is 7.01. The monoisotopic (exact) mass is 290 g/mol. The van der Waals surface area contributed by atoms with Crippen molar-refractivity contribution >= 4 is 11.3 Å². The topological polar surface area (TPSA) is 45.9 Å². The van der Waals surface area contributed by atoms with Crippen molar-refractivity contribution in [2.45, 2.75) is 26.2 Å². The maximum Gasteiger partial charge on any atom is 0.165 e. The van der Waals surface area contributed by atoms with Crippen LogP contribution in [-0.2, 0) is 19.3 Å². The van der Waals surface area contributed by atoms with Gasteiger partial charge in [-0.3, -0.25) is 0 Å². The quantitative estimate of drug-likeness (QED) is 0.817. The first kappa shape index (κ1) is 14.5. The van der Waals surface area contributed by atoms with E-state index in [2.05, 4.69) is 11.1 Å². The van der Waals surface area contributed by atoms with Crippen LogP contribution in [0.2, 0.25) is 0 Å². The highest BCUT2D eigenvalue weighted by molar-refractivity contribution is 7.11. The maximum absolute atomic E-state index is 13.4. The fraction of sp³-hybridized carbons (Fsp3) is 0.333. The first-order chi connectivity index (χ1) is 9.74. The zero-order valence-electron chi connectivity index (χ0n) is 11.2. The van der Waals surface area contributed by atoms with Gasteiger partial charge in [0, 0.05) is 11.3 Å². The molecule has 0 aliphatic heterocycles. The van der Waals surface area contributed by atoms with E-state index in [-0.39, 0.29) is 11.6 Å². The van der Waals surface area contributed by atoms with E-state index < -0.39 is 0 Å². The van der Waals surface area contributed by atoms with Crippen LogP contribution in [0.4, 0.5) is 4.39 Å². The highest BCUT2D eigenvalue weighted by Gasteiger charge is 2.10. The molecular weight excluding hydrogens is 275 g/mol. The van der Waals surface area contributed by atoms with Crippen molar-refractivity contribution < 1.29 is 9.13 Å². The van der Waals surface area contributed by atoms with Crippen LogP contribution in [0.1, 0.15) is 22.5 Å². The molecule has 3 nitrogen and oxygen atoms in total. The number of thiazole rings is 1. The number of nitrogens with zero attached hydrogens (tertiary/aromatic N) is 2. The smallest absolute Gasteiger partial charge is 0.165 e. The third kappa shape index (κ3) is 3.55. The zero-order chi connectivity index (χ0) is 14.4. The molecule has 1 aromatic carbocycles. The Morgan fingerprint density at radius 3 is 2.90 bits per heavy atom. The van der Waals surface area contributed by atoms with Crippen LogP contribution in [0, 0.1) is 17.1 Å². The van der Waals surface area contributed by atoms with Gasteiger partial charge in [0.15, 0.2) is 11.6 Å². The van der Waals surface area contributed by atoms with Gasteiger partial charge in [0.05, 0.1) is 29.8 Å². The van der Waals surface area contributed by atoms with E-state index in [1.165, 1.54) is 6.07 Å². The lowest BCUT2D eigenvalue weighted by molar-refractivity contribution is 0.305. The lowest BCUT2D eigenvalue weighted by Crippen LogP contribution is -2.02. The lowest BCUT2D eigenvalue weighted by atomic mass is 10.2. The zero-order valence-corrected chi connectivity index (χ0v) is 12.0. The minimum absolute atomic E-state index is 0.261. The van der Waals surface area contributed by atoms with Crippen molar-refractivity contribution in [3.63, 3.8) is 0 Å². The van der Waals surface area contributed by atoms with Crippen molar-refractivity contribution in [1.82, 2.24) is 4.98 Å². The predicted octanol–water partition coefficient (Wildman–Crippen LogP) is 3.53. The van der Waals surface area contributed by atoms with Crippen LogP contribution in [0.15, 0.2) is 24.3 Å². The fourth-order valence-corrected chi connectivity index (χ4v) is 2.91. The Bertz CT molecular complexity index is 619. The Morgan fingerprint density at radius 1 is 1.40 bits per heavy atom. The molecule has 0 fully saturated rings. The Labute approximate surface area is 121 Å². The molecular formula is C15H15FN2OS.